The molecule has 3 aliphatic rings. The van der Waals surface area contributed by atoms with Gasteiger partial charge in [-0.25, -0.2) is 4.39 Å². The van der Waals surface area contributed by atoms with Gasteiger partial charge in [0.05, 0.1) is 0 Å². The van der Waals surface area contributed by atoms with Crippen LogP contribution in [-0.4, -0.2) is 18.2 Å². The third-order valence-electron chi connectivity index (χ3n) is 7.25. The van der Waals surface area contributed by atoms with Crippen LogP contribution in [0.1, 0.15) is 41.9 Å². The summed E-state index contributed by atoms with van der Waals surface area (Å²) in [6.45, 7) is 0. The predicted octanol–water partition coefficient (Wildman–Crippen LogP) is 4.38. The Morgan fingerprint density at radius 2 is 1.62 bits per heavy atom. The Morgan fingerprint density at radius 3 is 2.34 bits per heavy atom. The highest BCUT2D eigenvalue weighted by molar-refractivity contribution is 7.86. The Labute approximate surface area is 186 Å². The molecule has 0 radical (unpaired) electrons. The first-order chi connectivity index (χ1) is 15.4. The number of benzene rings is 3. The van der Waals surface area contributed by atoms with Crippen LogP contribution in [0, 0.1) is 17.7 Å². The van der Waals surface area contributed by atoms with Crippen molar-refractivity contribution in [3.05, 3.63) is 87.6 Å². The number of fused-ring (bicyclic) bond motifs is 5. The van der Waals surface area contributed by atoms with Crippen LogP contribution in [0.2, 0.25) is 0 Å². The van der Waals surface area contributed by atoms with Gasteiger partial charge >= 0.3 is 0 Å². The monoisotopic (exact) mass is 446 g/mol. The molecule has 6 rings (SSSR count). The zero-order valence-electron chi connectivity index (χ0n) is 17.4. The molecule has 0 saturated heterocycles. The van der Waals surface area contributed by atoms with Crippen LogP contribution < -0.4 is 10.4 Å². The zero-order valence-corrected chi connectivity index (χ0v) is 18.2. The van der Waals surface area contributed by atoms with Crippen molar-refractivity contribution in [2.24, 2.45) is 11.8 Å². The smallest absolute Gasteiger partial charge is 0.269 e. The zero-order chi connectivity index (χ0) is 22.0. The van der Waals surface area contributed by atoms with E-state index in [-0.39, 0.29) is 12.2 Å². The van der Waals surface area contributed by atoms with Gasteiger partial charge < -0.3 is 0 Å². The summed E-state index contributed by atoms with van der Waals surface area (Å²) in [7, 11) is -4.29. The number of allylic oxidation sites excluding steroid dienone is 1. The van der Waals surface area contributed by atoms with Gasteiger partial charge in [-0.1, -0.05) is 60.7 Å². The van der Waals surface area contributed by atoms with E-state index in [2.05, 4.69) is 36.4 Å². The van der Waals surface area contributed by atoms with E-state index in [0.717, 1.165) is 27.5 Å². The summed E-state index contributed by atoms with van der Waals surface area (Å²) in [5.41, 5.74) is 2.74. The second-order valence-electron chi connectivity index (χ2n) is 9.20. The highest BCUT2D eigenvalue weighted by atomic mass is 32.2. The molecular formula is C27H23FO3S. The lowest BCUT2D eigenvalue weighted by molar-refractivity contribution is 0.459. The molecule has 3 aromatic rings. The van der Waals surface area contributed by atoms with Crippen LogP contribution in [0.5, 0.6) is 0 Å². The topological polar surface area (TPSA) is 54.4 Å². The normalized spacial score (nSPS) is 24.4. The number of rotatable bonds is 3. The molecule has 162 valence electrons. The van der Waals surface area contributed by atoms with Gasteiger partial charge in [-0.3, -0.25) is 4.55 Å². The SMILES string of the molecule is O=S(=O)(O)C1CC=c2c(ccc3c4c(ccc23)C=CC(C2CC2)C=4)C1c1ccc(F)cc1. The van der Waals surface area contributed by atoms with Gasteiger partial charge in [0, 0.05) is 5.92 Å². The number of hydrogen-bond donors (Lipinski definition) is 1. The Morgan fingerprint density at radius 1 is 0.906 bits per heavy atom. The number of hydrogen-bond acceptors (Lipinski definition) is 2. The van der Waals surface area contributed by atoms with Crippen LogP contribution in [0.15, 0.2) is 54.6 Å². The summed E-state index contributed by atoms with van der Waals surface area (Å²) in [4.78, 5) is 0. The fraction of sp³-hybridized carbons (Fsp3) is 0.259. The Hall–Kier alpha value is -2.76. The lowest BCUT2D eigenvalue weighted by Gasteiger charge is -2.29. The molecule has 3 unspecified atom stereocenters. The van der Waals surface area contributed by atoms with Gasteiger partial charge in [0.25, 0.3) is 10.1 Å². The first-order valence-corrected chi connectivity index (χ1v) is 12.6. The summed E-state index contributed by atoms with van der Waals surface area (Å²) in [6, 6.07) is 14.2. The van der Waals surface area contributed by atoms with E-state index >= 15 is 0 Å². The van der Waals surface area contributed by atoms with E-state index in [1.165, 1.54) is 35.8 Å². The van der Waals surface area contributed by atoms with Crippen molar-refractivity contribution in [3.63, 3.8) is 0 Å². The standard InChI is InChI=1S/C27H23FO3S/c28-20-8-5-18(6-9-20)27-24-12-11-23-21(22(24)13-14-26(27)32(29,30)31)10-7-17-3-4-19(15-25(17)23)16-1-2-16/h3-13,15-16,19,26-27H,1-2,14H2,(H,29,30,31). The molecule has 1 N–H and O–H groups in total. The molecule has 3 aliphatic carbocycles. The average molecular weight is 447 g/mol. The molecule has 1 fully saturated rings. The van der Waals surface area contributed by atoms with Crippen molar-refractivity contribution < 1.29 is 17.4 Å². The summed E-state index contributed by atoms with van der Waals surface area (Å²) in [5, 5.41) is 3.50. The van der Waals surface area contributed by atoms with Crippen molar-refractivity contribution in [1.29, 1.82) is 0 Å². The highest BCUT2D eigenvalue weighted by Gasteiger charge is 2.37. The van der Waals surface area contributed by atoms with Gasteiger partial charge in [0.1, 0.15) is 11.1 Å². The predicted molar refractivity (Wildman–Crippen MR) is 126 cm³/mol. The summed E-state index contributed by atoms with van der Waals surface area (Å²) in [6.07, 6.45) is 11.6. The van der Waals surface area contributed by atoms with E-state index in [1.807, 2.05) is 12.1 Å². The van der Waals surface area contributed by atoms with Crippen LogP contribution >= 0.6 is 0 Å². The molecule has 0 bridgehead atoms. The van der Waals surface area contributed by atoms with Gasteiger partial charge in [-0.05, 0) is 81.1 Å². The van der Waals surface area contributed by atoms with E-state index in [9.17, 15) is 17.4 Å². The fourth-order valence-corrected chi connectivity index (χ4v) is 6.47. The summed E-state index contributed by atoms with van der Waals surface area (Å²) in [5.74, 6) is 0.286. The molecular weight excluding hydrogens is 423 g/mol. The van der Waals surface area contributed by atoms with Crippen molar-refractivity contribution in [3.8, 4) is 0 Å². The lowest BCUT2D eigenvalue weighted by atomic mass is 9.80. The summed E-state index contributed by atoms with van der Waals surface area (Å²) >= 11 is 0. The Balaban J connectivity index is 1.59. The van der Waals surface area contributed by atoms with Crippen molar-refractivity contribution in [1.82, 2.24) is 0 Å². The quantitative estimate of drug-likeness (QED) is 0.608. The Kier molecular flexibility index (Phi) is 4.43. The van der Waals surface area contributed by atoms with Crippen molar-refractivity contribution in [2.45, 2.75) is 30.4 Å². The first kappa shape index (κ1) is 19.9. The van der Waals surface area contributed by atoms with E-state index in [1.54, 1.807) is 12.1 Å². The first-order valence-electron chi connectivity index (χ1n) is 11.1. The molecule has 32 heavy (non-hydrogen) atoms. The third-order valence-corrected chi connectivity index (χ3v) is 8.48. The molecule has 3 aromatic carbocycles. The van der Waals surface area contributed by atoms with Crippen LogP contribution in [-0.2, 0) is 10.1 Å². The number of halogens is 1. The molecule has 3 nitrogen and oxygen atoms in total. The average Bonchev–Trinajstić information content (AvgIpc) is 3.63. The Bertz CT molecular complexity index is 1500. The third kappa shape index (κ3) is 3.23. The molecule has 1 saturated carbocycles. The molecule has 5 heteroatoms. The van der Waals surface area contributed by atoms with E-state index < -0.39 is 21.3 Å². The molecule has 0 aliphatic heterocycles. The van der Waals surface area contributed by atoms with Crippen LogP contribution in [0.4, 0.5) is 4.39 Å². The van der Waals surface area contributed by atoms with Crippen LogP contribution in [0.25, 0.3) is 29.0 Å². The summed E-state index contributed by atoms with van der Waals surface area (Å²) < 4.78 is 48.1. The lowest BCUT2D eigenvalue weighted by Crippen LogP contribution is -2.35. The van der Waals surface area contributed by atoms with Gasteiger partial charge in [0.2, 0.25) is 0 Å². The highest BCUT2D eigenvalue weighted by Crippen LogP contribution is 2.40. The largest absolute Gasteiger partial charge is 0.285 e. The second-order valence-corrected chi connectivity index (χ2v) is 10.8. The second kappa shape index (κ2) is 7.12. The fourth-order valence-electron chi connectivity index (χ4n) is 5.48. The minimum Gasteiger partial charge on any atom is -0.285 e. The van der Waals surface area contributed by atoms with Crippen molar-refractivity contribution in [2.75, 3.05) is 0 Å². The van der Waals surface area contributed by atoms with Gasteiger partial charge in [0.15, 0.2) is 0 Å². The molecule has 0 amide bonds. The molecule has 3 atom stereocenters. The van der Waals surface area contributed by atoms with Gasteiger partial charge in [-0.15, -0.1) is 0 Å². The minimum absolute atomic E-state index is 0.207. The minimum atomic E-state index is -4.29. The maximum atomic E-state index is 13.6. The van der Waals surface area contributed by atoms with E-state index in [4.69, 9.17) is 0 Å². The molecule has 0 aromatic heterocycles. The van der Waals surface area contributed by atoms with Crippen molar-refractivity contribution >= 4 is 39.1 Å². The maximum absolute atomic E-state index is 13.6. The van der Waals surface area contributed by atoms with Crippen LogP contribution in [0.3, 0.4) is 0 Å². The van der Waals surface area contributed by atoms with Gasteiger partial charge in [-0.2, -0.15) is 8.42 Å². The molecule has 0 spiro atoms. The molecule has 0 heterocycles. The maximum Gasteiger partial charge on any atom is 0.269 e. The van der Waals surface area contributed by atoms with E-state index in [0.29, 0.717) is 11.5 Å².